The van der Waals surface area contributed by atoms with Gasteiger partial charge in [0.15, 0.2) is 5.96 Å². The molecule has 0 aliphatic rings. The van der Waals surface area contributed by atoms with Gasteiger partial charge in [-0.05, 0) is 32.8 Å². The Kier molecular flexibility index (Phi) is 11.4. The summed E-state index contributed by atoms with van der Waals surface area (Å²) in [4.78, 5) is 4.61. The maximum Gasteiger partial charge on any atom is 0.209 e. The van der Waals surface area contributed by atoms with E-state index < -0.39 is 15.6 Å². The van der Waals surface area contributed by atoms with Gasteiger partial charge in [0.2, 0.25) is 10.0 Å². The Hall–Kier alpha value is -0.870. The molecule has 0 saturated heterocycles. The van der Waals surface area contributed by atoms with Gasteiger partial charge in [0.25, 0.3) is 0 Å². The molecule has 3 N–H and O–H groups in total. The quantitative estimate of drug-likeness (QED) is 0.213. The Bertz CT molecular complexity index is 658. The number of aliphatic imine (C=N–C) groups is 1. The molecular formula is C18H33IN4O2S. The third kappa shape index (κ3) is 11.7. The summed E-state index contributed by atoms with van der Waals surface area (Å²) in [6, 6.07) is 8.28. The SMILES string of the molecule is CCCCNC(=NCc1ccc(C)cc1)NCC(C)(C)NS(C)(=O)=O.I. The summed E-state index contributed by atoms with van der Waals surface area (Å²) >= 11 is 0. The summed E-state index contributed by atoms with van der Waals surface area (Å²) in [5.41, 5.74) is 1.75. The van der Waals surface area contributed by atoms with Gasteiger partial charge in [0, 0.05) is 18.6 Å². The molecule has 1 rings (SSSR count). The van der Waals surface area contributed by atoms with Gasteiger partial charge in [-0.3, -0.25) is 0 Å². The standard InChI is InChI=1S/C18H32N4O2S.HI/c1-6-7-12-19-17(20-13-16-10-8-15(2)9-11-16)21-14-18(3,4)22-25(5,23)24;/h8-11,22H,6-7,12-14H2,1-5H3,(H2,19,20,21);1H. The molecule has 1 aromatic carbocycles. The highest BCUT2D eigenvalue weighted by molar-refractivity contribution is 14.0. The first-order chi connectivity index (χ1) is 11.6. The summed E-state index contributed by atoms with van der Waals surface area (Å²) in [6.07, 6.45) is 3.32. The zero-order chi connectivity index (χ0) is 18.9. The van der Waals surface area contributed by atoms with Crippen molar-refractivity contribution in [1.82, 2.24) is 15.4 Å². The van der Waals surface area contributed by atoms with Gasteiger partial charge in [-0.1, -0.05) is 43.2 Å². The molecule has 0 saturated carbocycles. The molecular weight excluding hydrogens is 463 g/mol. The van der Waals surface area contributed by atoms with Crippen LogP contribution in [0.1, 0.15) is 44.7 Å². The van der Waals surface area contributed by atoms with E-state index in [-0.39, 0.29) is 24.0 Å². The third-order valence-electron chi connectivity index (χ3n) is 3.52. The van der Waals surface area contributed by atoms with E-state index in [4.69, 9.17) is 0 Å². The number of nitrogens with zero attached hydrogens (tertiary/aromatic N) is 1. The van der Waals surface area contributed by atoms with Crippen molar-refractivity contribution < 1.29 is 8.42 Å². The van der Waals surface area contributed by atoms with Crippen LogP contribution in [0.15, 0.2) is 29.3 Å². The van der Waals surface area contributed by atoms with E-state index in [0.29, 0.717) is 19.0 Å². The molecule has 0 bridgehead atoms. The van der Waals surface area contributed by atoms with Crippen LogP contribution in [0.3, 0.4) is 0 Å². The molecule has 8 heteroatoms. The summed E-state index contributed by atoms with van der Waals surface area (Å²) < 4.78 is 25.5. The molecule has 0 heterocycles. The first-order valence-corrected chi connectivity index (χ1v) is 10.6. The summed E-state index contributed by atoms with van der Waals surface area (Å²) in [5.74, 6) is 0.692. The monoisotopic (exact) mass is 496 g/mol. The van der Waals surface area contributed by atoms with Gasteiger partial charge in [0.1, 0.15) is 0 Å². The van der Waals surface area contributed by atoms with Crippen molar-refractivity contribution in [1.29, 1.82) is 0 Å². The smallest absolute Gasteiger partial charge is 0.209 e. The minimum Gasteiger partial charge on any atom is -0.356 e. The van der Waals surface area contributed by atoms with Crippen molar-refractivity contribution >= 4 is 40.0 Å². The lowest BCUT2D eigenvalue weighted by atomic mass is 10.1. The van der Waals surface area contributed by atoms with Crippen LogP contribution < -0.4 is 15.4 Å². The van der Waals surface area contributed by atoms with Crippen LogP contribution >= 0.6 is 24.0 Å². The number of nitrogens with one attached hydrogen (secondary N) is 3. The van der Waals surface area contributed by atoms with E-state index in [1.165, 1.54) is 11.8 Å². The van der Waals surface area contributed by atoms with Crippen molar-refractivity contribution in [2.75, 3.05) is 19.3 Å². The molecule has 0 amide bonds. The van der Waals surface area contributed by atoms with Crippen molar-refractivity contribution in [3.63, 3.8) is 0 Å². The predicted octanol–water partition coefficient (Wildman–Crippen LogP) is 2.78. The van der Waals surface area contributed by atoms with Gasteiger partial charge in [-0.2, -0.15) is 0 Å². The van der Waals surface area contributed by atoms with Crippen molar-refractivity contribution in [3.8, 4) is 0 Å². The predicted molar refractivity (Wildman–Crippen MR) is 121 cm³/mol. The van der Waals surface area contributed by atoms with E-state index in [1.54, 1.807) is 0 Å². The number of benzene rings is 1. The number of aryl methyl sites for hydroxylation is 1. The minimum absolute atomic E-state index is 0. The van der Waals surface area contributed by atoms with Gasteiger partial charge in [-0.25, -0.2) is 18.1 Å². The maximum atomic E-state index is 11.5. The molecule has 1 aromatic rings. The van der Waals surface area contributed by atoms with Crippen molar-refractivity contribution in [2.45, 2.75) is 52.6 Å². The lowest BCUT2D eigenvalue weighted by Gasteiger charge is -2.26. The van der Waals surface area contributed by atoms with Crippen LogP contribution in [0.25, 0.3) is 0 Å². The zero-order valence-corrected chi connectivity index (χ0v) is 19.6. The lowest BCUT2D eigenvalue weighted by Crippen LogP contribution is -2.53. The number of rotatable bonds is 9. The summed E-state index contributed by atoms with van der Waals surface area (Å²) in [7, 11) is -3.26. The van der Waals surface area contributed by atoms with Crippen LogP contribution in [0, 0.1) is 6.92 Å². The topological polar surface area (TPSA) is 82.6 Å². The molecule has 26 heavy (non-hydrogen) atoms. The maximum absolute atomic E-state index is 11.5. The number of guanidine groups is 1. The Morgan fingerprint density at radius 1 is 1.15 bits per heavy atom. The molecule has 0 aliphatic heterocycles. The van der Waals surface area contributed by atoms with Crippen LogP contribution in [0.2, 0.25) is 0 Å². The first-order valence-electron chi connectivity index (χ1n) is 8.68. The lowest BCUT2D eigenvalue weighted by molar-refractivity contribution is 0.446. The Morgan fingerprint density at radius 3 is 2.31 bits per heavy atom. The number of halogens is 1. The number of sulfonamides is 1. The molecule has 0 atom stereocenters. The fourth-order valence-corrected chi connectivity index (χ4v) is 3.34. The van der Waals surface area contributed by atoms with Gasteiger partial charge in [-0.15, -0.1) is 24.0 Å². The van der Waals surface area contributed by atoms with E-state index >= 15 is 0 Å². The molecule has 0 radical (unpaired) electrons. The fourth-order valence-electron chi connectivity index (χ4n) is 2.26. The highest BCUT2D eigenvalue weighted by Crippen LogP contribution is 2.05. The second kappa shape index (κ2) is 11.8. The molecule has 0 fully saturated rings. The number of hydrogen-bond donors (Lipinski definition) is 3. The van der Waals surface area contributed by atoms with Crippen LogP contribution in [0.4, 0.5) is 0 Å². The Labute approximate surface area is 175 Å². The molecule has 0 aromatic heterocycles. The molecule has 6 nitrogen and oxygen atoms in total. The molecule has 0 aliphatic carbocycles. The van der Waals surface area contributed by atoms with Crippen LogP contribution in [-0.2, 0) is 16.6 Å². The highest BCUT2D eigenvalue weighted by Gasteiger charge is 2.22. The van der Waals surface area contributed by atoms with E-state index in [1.807, 2.05) is 13.8 Å². The van der Waals surface area contributed by atoms with E-state index in [0.717, 1.165) is 24.9 Å². The normalized spacial score (nSPS) is 12.4. The van der Waals surface area contributed by atoms with Gasteiger partial charge < -0.3 is 10.6 Å². The zero-order valence-electron chi connectivity index (χ0n) is 16.4. The highest BCUT2D eigenvalue weighted by atomic mass is 127. The molecule has 150 valence electrons. The summed E-state index contributed by atoms with van der Waals surface area (Å²) in [6.45, 7) is 9.71. The fraction of sp³-hybridized carbons (Fsp3) is 0.611. The molecule has 0 spiro atoms. The number of hydrogen-bond acceptors (Lipinski definition) is 3. The Balaban J connectivity index is 0.00000625. The average molecular weight is 496 g/mol. The first kappa shape index (κ1) is 25.1. The number of unbranched alkanes of at least 4 members (excludes halogenated alkanes) is 1. The van der Waals surface area contributed by atoms with E-state index in [9.17, 15) is 8.42 Å². The van der Waals surface area contributed by atoms with Gasteiger partial charge in [0.05, 0.1) is 12.8 Å². The van der Waals surface area contributed by atoms with E-state index in [2.05, 4.69) is 58.5 Å². The van der Waals surface area contributed by atoms with Gasteiger partial charge >= 0.3 is 0 Å². The second-order valence-corrected chi connectivity index (χ2v) is 8.79. The molecule has 0 unspecified atom stereocenters. The third-order valence-corrected chi connectivity index (χ3v) is 4.45. The van der Waals surface area contributed by atoms with Crippen molar-refractivity contribution in [2.24, 2.45) is 4.99 Å². The van der Waals surface area contributed by atoms with Crippen LogP contribution in [0.5, 0.6) is 0 Å². The second-order valence-electron chi connectivity index (χ2n) is 7.04. The largest absolute Gasteiger partial charge is 0.356 e. The minimum atomic E-state index is -3.26. The Morgan fingerprint density at radius 2 is 1.77 bits per heavy atom. The summed E-state index contributed by atoms with van der Waals surface area (Å²) in [5, 5.41) is 6.53. The van der Waals surface area contributed by atoms with Crippen molar-refractivity contribution in [3.05, 3.63) is 35.4 Å². The van der Waals surface area contributed by atoms with Crippen LogP contribution in [-0.4, -0.2) is 39.3 Å². The average Bonchev–Trinajstić information content (AvgIpc) is 2.49.